The van der Waals surface area contributed by atoms with Gasteiger partial charge >= 0.3 is 5.97 Å². The van der Waals surface area contributed by atoms with Gasteiger partial charge in [0.25, 0.3) is 5.91 Å². The number of amides is 1. The summed E-state index contributed by atoms with van der Waals surface area (Å²) in [4.78, 5) is 25.7. The molecule has 1 fully saturated rings. The Hall–Kier alpha value is -1.69. The third-order valence-corrected chi connectivity index (χ3v) is 4.39. The lowest BCUT2D eigenvalue weighted by Crippen LogP contribution is -2.42. The summed E-state index contributed by atoms with van der Waals surface area (Å²) < 4.78 is 5.59. The van der Waals surface area contributed by atoms with Gasteiger partial charge in [-0.2, -0.15) is 0 Å². The van der Waals surface area contributed by atoms with Crippen LogP contribution in [0.3, 0.4) is 0 Å². The van der Waals surface area contributed by atoms with Crippen molar-refractivity contribution in [1.29, 1.82) is 0 Å². The molecule has 0 atom stereocenters. The number of para-hydroxylation sites is 1. The molecular formula is C15H19NO4S. The van der Waals surface area contributed by atoms with Crippen LogP contribution in [0.25, 0.3) is 0 Å². The van der Waals surface area contributed by atoms with Gasteiger partial charge in [-0.25, -0.2) is 0 Å². The zero-order valence-electron chi connectivity index (χ0n) is 11.9. The predicted octanol–water partition coefficient (Wildman–Crippen LogP) is 2.11. The third kappa shape index (κ3) is 4.14. The first-order chi connectivity index (χ1) is 10.1. The zero-order chi connectivity index (χ0) is 15.2. The molecule has 1 N–H and O–H groups in total. The Morgan fingerprint density at radius 2 is 2.00 bits per heavy atom. The van der Waals surface area contributed by atoms with Crippen LogP contribution in [-0.4, -0.2) is 47.8 Å². The van der Waals surface area contributed by atoms with Crippen LogP contribution < -0.4 is 4.74 Å². The van der Waals surface area contributed by atoms with Gasteiger partial charge in [-0.15, -0.1) is 11.8 Å². The molecule has 0 saturated carbocycles. The Bertz CT molecular complexity index is 512. The fourth-order valence-electron chi connectivity index (χ4n) is 2.34. The summed E-state index contributed by atoms with van der Waals surface area (Å²) >= 11 is 1.57. The van der Waals surface area contributed by atoms with Crippen molar-refractivity contribution >= 4 is 23.6 Å². The van der Waals surface area contributed by atoms with Gasteiger partial charge < -0.3 is 14.7 Å². The summed E-state index contributed by atoms with van der Waals surface area (Å²) in [5.74, 6) is -0.479. The van der Waals surface area contributed by atoms with E-state index in [1.165, 1.54) is 0 Å². The van der Waals surface area contributed by atoms with Crippen molar-refractivity contribution < 1.29 is 19.4 Å². The van der Waals surface area contributed by atoms with Crippen LogP contribution in [0.2, 0.25) is 0 Å². The molecule has 0 spiro atoms. The molecule has 1 aliphatic rings. The van der Waals surface area contributed by atoms with Crippen LogP contribution in [0.5, 0.6) is 5.75 Å². The highest BCUT2D eigenvalue weighted by atomic mass is 32.2. The molecule has 0 aliphatic carbocycles. The van der Waals surface area contributed by atoms with Gasteiger partial charge in [0, 0.05) is 18.0 Å². The van der Waals surface area contributed by atoms with E-state index in [4.69, 9.17) is 9.84 Å². The number of benzene rings is 1. The second-order valence-corrected chi connectivity index (χ2v) is 5.78. The smallest absolute Gasteiger partial charge is 0.306 e. The standard InChI is InChI=1S/C15H19NO4S/c1-21-13-5-3-2-4-12(13)20-10-14(17)16-8-6-11(7-9-16)15(18)19/h2-5,11H,6-10H2,1H3,(H,18,19). The fourth-order valence-corrected chi connectivity index (χ4v) is 2.89. The van der Waals surface area contributed by atoms with Gasteiger partial charge in [0.05, 0.1) is 5.92 Å². The summed E-state index contributed by atoms with van der Waals surface area (Å²) in [5, 5.41) is 8.94. The lowest BCUT2D eigenvalue weighted by molar-refractivity contribution is -0.146. The highest BCUT2D eigenvalue weighted by Crippen LogP contribution is 2.27. The fraction of sp³-hybridized carbons (Fsp3) is 0.467. The number of nitrogens with zero attached hydrogens (tertiary/aromatic N) is 1. The number of hydrogen-bond acceptors (Lipinski definition) is 4. The number of aliphatic carboxylic acids is 1. The van der Waals surface area contributed by atoms with Gasteiger partial charge in [-0.3, -0.25) is 9.59 Å². The second-order valence-electron chi connectivity index (χ2n) is 4.93. The molecule has 114 valence electrons. The number of carbonyl (C=O) groups is 2. The van der Waals surface area contributed by atoms with E-state index in [9.17, 15) is 9.59 Å². The van der Waals surface area contributed by atoms with E-state index < -0.39 is 5.97 Å². The van der Waals surface area contributed by atoms with E-state index in [1.54, 1.807) is 16.7 Å². The molecule has 1 heterocycles. The van der Waals surface area contributed by atoms with E-state index in [2.05, 4.69) is 0 Å². The van der Waals surface area contributed by atoms with Gasteiger partial charge in [-0.1, -0.05) is 12.1 Å². The number of hydrogen-bond donors (Lipinski definition) is 1. The first-order valence-corrected chi connectivity index (χ1v) is 8.10. The van der Waals surface area contributed by atoms with Crippen LogP contribution in [0.15, 0.2) is 29.2 Å². The molecule has 1 aliphatic heterocycles. The summed E-state index contributed by atoms with van der Waals surface area (Å²) in [6.07, 6.45) is 2.99. The average molecular weight is 309 g/mol. The number of thioether (sulfide) groups is 1. The van der Waals surface area contributed by atoms with Crippen LogP contribution in [0.1, 0.15) is 12.8 Å². The number of ether oxygens (including phenoxy) is 1. The quantitative estimate of drug-likeness (QED) is 0.844. The maximum Gasteiger partial charge on any atom is 0.306 e. The molecule has 0 aromatic heterocycles. The highest BCUT2D eigenvalue weighted by Gasteiger charge is 2.27. The van der Waals surface area contributed by atoms with Crippen molar-refractivity contribution in [1.82, 2.24) is 4.90 Å². The van der Waals surface area contributed by atoms with Crippen molar-refractivity contribution in [3.8, 4) is 5.75 Å². The van der Waals surface area contributed by atoms with Crippen molar-refractivity contribution in [3.05, 3.63) is 24.3 Å². The van der Waals surface area contributed by atoms with Crippen molar-refractivity contribution in [2.24, 2.45) is 5.92 Å². The highest BCUT2D eigenvalue weighted by molar-refractivity contribution is 7.98. The van der Waals surface area contributed by atoms with E-state index >= 15 is 0 Å². The topological polar surface area (TPSA) is 66.8 Å². The molecule has 1 aromatic rings. The first-order valence-electron chi connectivity index (χ1n) is 6.88. The molecule has 0 bridgehead atoms. The Kier molecular flexibility index (Phi) is 5.50. The lowest BCUT2D eigenvalue weighted by atomic mass is 9.97. The van der Waals surface area contributed by atoms with E-state index in [1.807, 2.05) is 30.5 Å². The van der Waals surface area contributed by atoms with Crippen LogP contribution in [-0.2, 0) is 9.59 Å². The van der Waals surface area contributed by atoms with E-state index in [-0.39, 0.29) is 18.4 Å². The molecule has 1 saturated heterocycles. The van der Waals surface area contributed by atoms with Gasteiger partial charge in [0.2, 0.25) is 0 Å². The SMILES string of the molecule is CSc1ccccc1OCC(=O)N1CCC(C(=O)O)CC1. The first kappa shape index (κ1) is 15.7. The predicted molar refractivity (Wildman–Crippen MR) is 80.7 cm³/mol. The maximum atomic E-state index is 12.1. The number of carboxylic acid groups (broad SMARTS) is 1. The van der Waals surface area contributed by atoms with Crippen molar-refractivity contribution in [2.45, 2.75) is 17.7 Å². The number of rotatable bonds is 5. The number of carbonyl (C=O) groups excluding carboxylic acids is 1. The average Bonchev–Trinajstić information content (AvgIpc) is 2.52. The Balaban J connectivity index is 1.84. The zero-order valence-corrected chi connectivity index (χ0v) is 12.8. The van der Waals surface area contributed by atoms with Crippen LogP contribution in [0.4, 0.5) is 0 Å². The summed E-state index contributed by atoms with van der Waals surface area (Å²) in [6.45, 7) is 0.974. The van der Waals surface area contributed by atoms with Gasteiger partial charge in [0.1, 0.15) is 5.75 Å². The number of carboxylic acids is 1. The molecular weight excluding hydrogens is 290 g/mol. The second kappa shape index (κ2) is 7.36. The maximum absolute atomic E-state index is 12.1. The third-order valence-electron chi connectivity index (χ3n) is 3.62. The summed E-state index contributed by atoms with van der Waals surface area (Å²) in [5.41, 5.74) is 0. The van der Waals surface area contributed by atoms with Crippen LogP contribution in [0, 0.1) is 5.92 Å². The van der Waals surface area contributed by atoms with Crippen molar-refractivity contribution in [2.75, 3.05) is 26.0 Å². The molecule has 1 amide bonds. The molecule has 1 aromatic carbocycles. The van der Waals surface area contributed by atoms with Gasteiger partial charge in [-0.05, 0) is 31.2 Å². The Morgan fingerprint density at radius 3 is 2.62 bits per heavy atom. The Labute approximate surface area is 128 Å². The summed E-state index contributed by atoms with van der Waals surface area (Å²) in [6, 6.07) is 7.59. The molecule has 2 rings (SSSR count). The Morgan fingerprint density at radius 1 is 1.33 bits per heavy atom. The molecule has 6 heteroatoms. The van der Waals surface area contributed by atoms with E-state index in [0.29, 0.717) is 31.7 Å². The normalized spacial score (nSPS) is 15.8. The number of piperidine rings is 1. The van der Waals surface area contributed by atoms with Crippen molar-refractivity contribution in [3.63, 3.8) is 0 Å². The molecule has 5 nitrogen and oxygen atoms in total. The summed E-state index contributed by atoms with van der Waals surface area (Å²) in [7, 11) is 0. The number of likely N-dealkylation sites (tertiary alicyclic amines) is 1. The van der Waals surface area contributed by atoms with Gasteiger partial charge in [0.15, 0.2) is 6.61 Å². The largest absolute Gasteiger partial charge is 0.483 e. The molecule has 21 heavy (non-hydrogen) atoms. The van der Waals surface area contributed by atoms with E-state index in [0.717, 1.165) is 4.90 Å². The van der Waals surface area contributed by atoms with Crippen LogP contribution >= 0.6 is 11.8 Å². The lowest BCUT2D eigenvalue weighted by Gasteiger charge is -2.30. The monoisotopic (exact) mass is 309 g/mol. The minimum Gasteiger partial charge on any atom is -0.483 e. The minimum atomic E-state index is -0.771. The minimum absolute atomic E-state index is 0.00465. The molecule has 0 radical (unpaired) electrons. The molecule has 0 unspecified atom stereocenters.